The molecule has 3 rings (SSSR count). The molecule has 1 unspecified atom stereocenters. The van der Waals surface area contributed by atoms with E-state index in [2.05, 4.69) is 22.3 Å². The smallest absolute Gasteiger partial charge is 0.244 e. The summed E-state index contributed by atoms with van der Waals surface area (Å²) in [5, 5.41) is 7.62. The van der Waals surface area contributed by atoms with Crippen LogP contribution in [0.3, 0.4) is 0 Å². The minimum atomic E-state index is 0.349. The standard InChI is InChI=1S/C14H24N4O/c1-2-18-10-4-3-5-12(18)14-16-13(17-19-14)11-6-8-15-9-7-11/h11-12,15H,2-10H2,1H3. The molecule has 1 aromatic rings. The van der Waals surface area contributed by atoms with Gasteiger partial charge in [0.25, 0.3) is 0 Å². The van der Waals surface area contributed by atoms with E-state index in [4.69, 9.17) is 9.51 Å². The quantitative estimate of drug-likeness (QED) is 0.906. The summed E-state index contributed by atoms with van der Waals surface area (Å²) in [5.74, 6) is 2.26. The summed E-state index contributed by atoms with van der Waals surface area (Å²) in [6.07, 6.45) is 5.97. The topological polar surface area (TPSA) is 54.2 Å². The predicted molar refractivity (Wildman–Crippen MR) is 73.0 cm³/mol. The van der Waals surface area contributed by atoms with Gasteiger partial charge in [0.2, 0.25) is 5.89 Å². The average Bonchev–Trinajstić information content (AvgIpc) is 2.98. The van der Waals surface area contributed by atoms with Crippen LogP contribution in [0.25, 0.3) is 0 Å². The summed E-state index contributed by atoms with van der Waals surface area (Å²) in [6.45, 7) is 6.57. The molecule has 0 saturated carbocycles. The van der Waals surface area contributed by atoms with Crippen molar-refractivity contribution in [2.24, 2.45) is 0 Å². The Kier molecular flexibility index (Phi) is 4.13. The molecule has 106 valence electrons. The fourth-order valence-electron chi connectivity index (χ4n) is 3.28. The molecule has 1 N–H and O–H groups in total. The number of likely N-dealkylation sites (tertiary alicyclic amines) is 1. The molecule has 1 aromatic heterocycles. The van der Waals surface area contributed by atoms with Crippen molar-refractivity contribution in [2.75, 3.05) is 26.2 Å². The van der Waals surface area contributed by atoms with Crippen molar-refractivity contribution in [2.45, 2.75) is 51.0 Å². The third kappa shape index (κ3) is 2.82. The van der Waals surface area contributed by atoms with Crippen molar-refractivity contribution in [1.82, 2.24) is 20.4 Å². The highest BCUT2D eigenvalue weighted by molar-refractivity contribution is 5.01. The molecule has 0 aliphatic carbocycles. The molecule has 0 radical (unpaired) electrons. The van der Waals surface area contributed by atoms with Crippen molar-refractivity contribution < 1.29 is 4.52 Å². The normalized spacial score (nSPS) is 26.7. The van der Waals surface area contributed by atoms with Gasteiger partial charge in [0.15, 0.2) is 5.82 Å². The molecule has 0 spiro atoms. The Bertz CT molecular complexity index is 400. The van der Waals surface area contributed by atoms with Gasteiger partial charge in [-0.25, -0.2) is 0 Å². The van der Waals surface area contributed by atoms with E-state index in [1.165, 1.54) is 12.8 Å². The van der Waals surface area contributed by atoms with Crippen LogP contribution in [0.15, 0.2) is 4.52 Å². The fourth-order valence-corrected chi connectivity index (χ4v) is 3.28. The van der Waals surface area contributed by atoms with E-state index in [1.807, 2.05) is 0 Å². The van der Waals surface area contributed by atoms with Crippen LogP contribution in [0.2, 0.25) is 0 Å². The van der Waals surface area contributed by atoms with E-state index in [9.17, 15) is 0 Å². The molecule has 5 heteroatoms. The van der Waals surface area contributed by atoms with Gasteiger partial charge in [-0.2, -0.15) is 4.98 Å². The van der Waals surface area contributed by atoms with Crippen molar-refractivity contribution in [3.8, 4) is 0 Å². The molecule has 3 heterocycles. The van der Waals surface area contributed by atoms with Gasteiger partial charge in [-0.3, -0.25) is 4.90 Å². The van der Waals surface area contributed by atoms with Gasteiger partial charge >= 0.3 is 0 Å². The molecule has 0 aromatic carbocycles. The Balaban J connectivity index is 1.72. The Labute approximate surface area is 114 Å². The highest BCUT2D eigenvalue weighted by atomic mass is 16.5. The second-order valence-corrected chi connectivity index (χ2v) is 5.66. The van der Waals surface area contributed by atoms with Crippen LogP contribution in [0.1, 0.15) is 62.7 Å². The van der Waals surface area contributed by atoms with Gasteiger partial charge in [-0.05, 0) is 51.9 Å². The maximum Gasteiger partial charge on any atom is 0.244 e. The van der Waals surface area contributed by atoms with Crippen molar-refractivity contribution in [3.63, 3.8) is 0 Å². The van der Waals surface area contributed by atoms with E-state index in [1.54, 1.807) is 0 Å². The molecule has 2 fully saturated rings. The molecule has 2 aliphatic rings. The van der Waals surface area contributed by atoms with Crippen LogP contribution in [-0.4, -0.2) is 41.2 Å². The first-order chi connectivity index (χ1) is 9.38. The Hall–Kier alpha value is -0.940. The maximum atomic E-state index is 5.57. The van der Waals surface area contributed by atoms with E-state index in [0.29, 0.717) is 12.0 Å². The van der Waals surface area contributed by atoms with Crippen LogP contribution in [-0.2, 0) is 0 Å². The van der Waals surface area contributed by atoms with Gasteiger partial charge in [0.05, 0.1) is 6.04 Å². The second-order valence-electron chi connectivity index (χ2n) is 5.66. The van der Waals surface area contributed by atoms with E-state index >= 15 is 0 Å². The minimum Gasteiger partial charge on any atom is -0.338 e. The maximum absolute atomic E-state index is 5.57. The second kappa shape index (κ2) is 6.01. The Morgan fingerprint density at radius 1 is 1.26 bits per heavy atom. The van der Waals surface area contributed by atoms with Crippen molar-refractivity contribution in [3.05, 3.63) is 11.7 Å². The van der Waals surface area contributed by atoms with Crippen LogP contribution in [0.4, 0.5) is 0 Å². The molecule has 0 amide bonds. The summed E-state index contributed by atoms with van der Waals surface area (Å²) in [5.41, 5.74) is 0. The number of piperidine rings is 2. The fraction of sp³-hybridized carbons (Fsp3) is 0.857. The highest BCUT2D eigenvalue weighted by Crippen LogP contribution is 2.31. The SMILES string of the molecule is CCN1CCCCC1c1nc(C2CCNCC2)no1. The van der Waals surface area contributed by atoms with Crippen LogP contribution >= 0.6 is 0 Å². The lowest BCUT2D eigenvalue weighted by atomic mass is 9.97. The zero-order chi connectivity index (χ0) is 13.1. The number of aromatic nitrogens is 2. The summed E-state index contributed by atoms with van der Waals surface area (Å²) in [6, 6.07) is 0.349. The molecular formula is C14H24N4O. The summed E-state index contributed by atoms with van der Waals surface area (Å²) in [7, 11) is 0. The van der Waals surface area contributed by atoms with Gasteiger partial charge in [-0.1, -0.05) is 18.5 Å². The van der Waals surface area contributed by atoms with Gasteiger partial charge in [0.1, 0.15) is 0 Å². The average molecular weight is 264 g/mol. The minimum absolute atomic E-state index is 0.349. The summed E-state index contributed by atoms with van der Waals surface area (Å²) in [4.78, 5) is 7.17. The lowest BCUT2D eigenvalue weighted by Gasteiger charge is -2.32. The molecule has 5 nitrogen and oxygen atoms in total. The number of nitrogens with zero attached hydrogens (tertiary/aromatic N) is 3. The summed E-state index contributed by atoms with van der Waals surface area (Å²) >= 11 is 0. The van der Waals surface area contributed by atoms with Crippen molar-refractivity contribution >= 4 is 0 Å². The van der Waals surface area contributed by atoms with E-state index < -0.39 is 0 Å². The number of hydrogen-bond acceptors (Lipinski definition) is 5. The largest absolute Gasteiger partial charge is 0.338 e. The lowest BCUT2D eigenvalue weighted by Crippen LogP contribution is -2.33. The molecule has 19 heavy (non-hydrogen) atoms. The third-order valence-electron chi connectivity index (χ3n) is 4.47. The molecule has 0 bridgehead atoms. The van der Waals surface area contributed by atoms with E-state index in [-0.39, 0.29) is 0 Å². The zero-order valence-electron chi connectivity index (χ0n) is 11.8. The Morgan fingerprint density at radius 2 is 2.11 bits per heavy atom. The van der Waals surface area contributed by atoms with Gasteiger partial charge < -0.3 is 9.84 Å². The summed E-state index contributed by atoms with van der Waals surface area (Å²) < 4.78 is 5.57. The molecule has 2 saturated heterocycles. The Morgan fingerprint density at radius 3 is 2.89 bits per heavy atom. The lowest BCUT2D eigenvalue weighted by molar-refractivity contribution is 0.125. The molecular weight excluding hydrogens is 240 g/mol. The predicted octanol–water partition coefficient (Wildman–Crippen LogP) is 2.08. The van der Waals surface area contributed by atoms with Crippen LogP contribution in [0.5, 0.6) is 0 Å². The van der Waals surface area contributed by atoms with Gasteiger partial charge in [-0.15, -0.1) is 0 Å². The molecule has 1 atom stereocenters. The first-order valence-electron chi connectivity index (χ1n) is 7.66. The van der Waals surface area contributed by atoms with Gasteiger partial charge in [0, 0.05) is 5.92 Å². The van der Waals surface area contributed by atoms with E-state index in [0.717, 1.165) is 57.2 Å². The number of hydrogen-bond donors (Lipinski definition) is 1. The first-order valence-corrected chi connectivity index (χ1v) is 7.66. The monoisotopic (exact) mass is 264 g/mol. The zero-order valence-corrected chi connectivity index (χ0v) is 11.8. The highest BCUT2D eigenvalue weighted by Gasteiger charge is 2.29. The van der Waals surface area contributed by atoms with Crippen LogP contribution < -0.4 is 5.32 Å². The number of nitrogens with one attached hydrogen (secondary N) is 1. The van der Waals surface area contributed by atoms with Crippen LogP contribution in [0, 0.1) is 0 Å². The first kappa shape index (κ1) is 13.1. The molecule has 2 aliphatic heterocycles. The number of rotatable bonds is 3. The third-order valence-corrected chi connectivity index (χ3v) is 4.47. The van der Waals surface area contributed by atoms with Crippen molar-refractivity contribution in [1.29, 1.82) is 0 Å².